The molecule has 1 aromatic heterocycles. The van der Waals surface area contributed by atoms with Gasteiger partial charge in [0.15, 0.2) is 0 Å². The molecular formula is C29H34N2O5. The van der Waals surface area contributed by atoms with Crippen molar-refractivity contribution in [2.45, 2.75) is 45.9 Å². The molecule has 4 rings (SSSR count). The quantitative estimate of drug-likeness (QED) is 0.229. The smallest absolute Gasteiger partial charge is 0.233 e. The number of unbranched alkanes of at least 4 members (excludes halogenated alkanes) is 1. The maximum Gasteiger partial charge on any atom is 0.233 e. The lowest BCUT2D eigenvalue weighted by Gasteiger charge is -2.23. The van der Waals surface area contributed by atoms with Gasteiger partial charge < -0.3 is 14.1 Å². The van der Waals surface area contributed by atoms with Crippen molar-refractivity contribution in [2.24, 2.45) is 11.8 Å². The van der Waals surface area contributed by atoms with Crippen LogP contribution >= 0.6 is 0 Å². The molecule has 0 spiro atoms. The van der Waals surface area contributed by atoms with Gasteiger partial charge in [-0.15, -0.1) is 0 Å². The van der Waals surface area contributed by atoms with Crippen LogP contribution in [0.5, 0.6) is 5.75 Å². The zero-order chi connectivity index (χ0) is 25.2. The molecule has 0 aliphatic carbocycles. The second kappa shape index (κ2) is 12.9. The molecule has 2 atom stereocenters. The number of hydrogen-bond acceptors (Lipinski definition) is 5. The van der Waals surface area contributed by atoms with Crippen LogP contribution in [0, 0.1) is 11.8 Å². The highest BCUT2D eigenvalue weighted by Gasteiger charge is 2.40. The van der Waals surface area contributed by atoms with E-state index in [1.807, 2.05) is 71.6 Å². The molecule has 0 radical (unpaired) electrons. The summed E-state index contributed by atoms with van der Waals surface area (Å²) in [6.07, 6.45) is 5.37. The number of benzene rings is 2. The first-order valence-corrected chi connectivity index (χ1v) is 12.6. The molecule has 2 unspecified atom stereocenters. The van der Waals surface area contributed by atoms with Gasteiger partial charge in [0, 0.05) is 13.1 Å². The molecule has 0 saturated carbocycles. The van der Waals surface area contributed by atoms with Crippen LogP contribution in [0.1, 0.15) is 43.1 Å². The van der Waals surface area contributed by atoms with Gasteiger partial charge in [-0.3, -0.25) is 14.4 Å². The molecule has 36 heavy (non-hydrogen) atoms. The topological polar surface area (TPSA) is 72.2 Å². The third-order valence-corrected chi connectivity index (χ3v) is 6.57. The average molecular weight is 491 g/mol. The number of rotatable bonds is 14. The first kappa shape index (κ1) is 25.5. The Kier molecular flexibility index (Phi) is 9.16. The molecule has 7 nitrogen and oxygen atoms in total. The fourth-order valence-corrected chi connectivity index (χ4v) is 4.58. The highest BCUT2D eigenvalue weighted by atomic mass is 16.7. The molecule has 3 aromatic rings. The number of likely N-dealkylation sites (tertiary alicyclic amines) is 1. The van der Waals surface area contributed by atoms with E-state index in [2.05, 4.69) is 6.92 Å². The Morgan fingerprint density at radius 3 is 2.53 bits per heavy atom. The summed E-state index contributed by atoms with van der Waals surface area (Å²) in [4.78, 5) is 32.8. The van der Waals surface area contributed by atoms with E-state index < -0.39 is 0 Å². The monoisotopic (exact) mass is 490 g/mol. The number of hydrogen-bond donors (Lipinski definition) is 0. The van der Waals surface area contributed by atoms with E-state index in [4.69, 9.17) is 14.0 Å². The van der Waals surface area contributed by atoms with Gasteiger partial charge in [-0.25, -0.2) is 5.06 Å². The summed E-state index contributed by atoms with van der Waals surface area (Å²) in [5.74, 6) is 1.51. The third-order valence-electron chi connectivity index (χ3n) is 6.57. The fraction of sp³-hybridized carbons (Fsp3) is 0.379. The van der Waals surface area contributed by atoms with Crippen molar-refractivity contribution in [3.63, 3.8) is 0 Å². The van der Waals surface area contributed by atoms with E-state index in [1.165, 1.54) is 5.06 Å². The van der Waals surface area contributed by atoms with E-state index in [9.17, 15) is 9.59 Å². The predicted octanol–water partition coefficient (Wildman–Crippen LogP) is 5.21. The summed E-state index contributed by atoms with van der Waals surface area (Å²) < 4.78 is 11.1. The number of hydroxylamine groups is 2. The molecule has 1 aliphatic heterocycles. The first-order chi connectivity index (χ1) is 17.7. The van der Waals surface area contributed by atoms with Crippen LogP contribution in [0.2, 0.25) is 0 Å². The van der Waals surface area contributed by atoms with Gasteiger partial charge in [0.1, 0.15) is 24.7 Å². The number of ether oxygens (including phenoxy) is 1. The first-order valence-electron chi connectivity index (χ1n) is 12.6. The van der Waals surface area contributed by atoms with Crippen LogP contribution in [-0.4, -0.2) is 35.4 Å². The molecule has 1 fully saturated rings. The lowest BCUT2D eigenvalue weighted by Crippen LogP contribution is -2.35. The molecule has 2 heterocycles. The maximum atomic E-state index is 13.4. The Bertz CT molecular complexity index is 1070. The van der Waals surface area contributed by atoms with Crippen molar-refractivity contribution in [1.82, 2.24) is 9.96 Å². The van der Waals surface area contributed by atoms with Gasteiger partial charge in [0.05, 0.1) is 18.7 Å². The van der Waals surface area contributed by atoms with E-state index in [-0.39, 0.29) is 30.9 Å². The standard InChI is InChI=1S/C29H34N2O5/c1-2-3-10-25-18-30(17-23-12-14-26(15-13-23)35-21-27-11-7-16-34-27)29(33)28(25)19-31(22-32)36-20-24-8-5-4-6-9-24/h4-9,11-16,22,25,28H,2-3,10,17-21H2,1H3. The molecule has 1 aliphatic rings. The van der Waals surface area contributed by atoms with Crippen LogP contribution in [0.3, 0.4) is 0 Å². The summed E-state index contributed by atoms with van der Waals surface area (Å²) in [6.45, 7) is 4.29. The highest BCUT2D eigenvalue weighted by Crippen LogP contribution is 2.31. The van der Waals surface area contributed by atoms with Crippen LogP contribution in [-0.2, 0) is 34.2 Å². The summed E-state index contributed by atoms with van der Waals surface area (Å²) >= 11 is 0. The Morgan fingerprint density at radius 2 is 1.83 bits per heavy atom. The number of nitrogens with zero attached hydrogens (tertiary/aromatic N) is 2. The van der Waals surface area contributed by atoms with Gasteiger partial charge in [0.25, 0.3) is 0 Å². The maximum absolute atomic E-state index is 13.4. The molecule has 190 valence electrons. The van der Waals surface area contributed by atoms with Gasteiger partial charge in [0.2, 0.25) is 12.3 Å². The van der Waals surface area contributed by atoms with E-state index >= 15 is 0 Å². The van der Waals surface area contributed by atoms with Crippen molar-refractivity contribution >= 4 is 12.3 Å². The zero-order valence-corrected chi connectivity index (χ0v) is 20.8. The summed E-state index contributed by atoms with van der Waals surface area (Å²) in [5, 5.41) is 1.28. The number of carbonyl (C=O) groups excluding carboxylic acids is 2. The summed E-state index contributed by atoms with van der Waals surface area (Å²) in [7, 11) is 0. The minimum absolute atomic E-state index is 0.0735. The summed E-state index contributed by atoms with van der Waals surface area (Å²) in [5.41, 5.74) is 2.01. The fourth-order valence-electron chi connectivity index (χ4n) is 4.58. The number of amides is 2. The average Bonchev–Trinajstić information content (AvgIpc) is 3.54. The molecule has 7 heteroatoms. The molecule has 2 amide bonds. The molecule has 0 bridgehead atoms. The summed E-state index contributed by atoms with van der Waals surface area (Å²) in [6, 6.07) is 21.2. The second-order valence-electron chi connectivity index (χ2n) is 9.20. The predicted molar refractivity (Wildman–Crippen MR) is 135 cm³/mol. The van der Waals surface area contributed by atoms with Crippen molar-refractivity contribution in [2.75, 3.05) is 13.1 Å². The van der Waals surface area contributed by atoms with Gasteiger partial charge in [-0.05, 0) is 47.7 Å². The van der Waals surface area contributed by atoms with Crippen molar-refractivity contribution in [3.8, 4) is 5.75 Å². The number of carbonyl (C=O) groups is 2. The van der Waals surface area contributed by atoms with E-state index in [0.29, 0.717) is 26.1 Å². The van der Waals surface area contributed by atoms with E-state index in [0.717, 1.165) is 41.9 Å². The van der Waals surface area contributed by atoms with Gasteiger partial charge >= 0.3 is 0 Å². The van der Waals surface area contributed by atoms with Crippen molar-refractivity contribution < 1.29 is 23.6 Å². The molecule has 1 saturated heterocycles. The minimum Gasteiger partial charge on any atom is -0.486 e. The molecular weight excluding hydrogens is 456 g/mol. The Labute approximate surface area is 212 Å². The van der Waals surface area contributed by atoms with Crippen molar-refractivity contribution in [3.05, 3.63) is 89.9 Å². The highest BCUT2D eigenvalue weighted by molar-refractivity contribution is 5.82. The minimum atomic E-state index is -0.270. The molecule has 2 aromatic carbocycles. The second-order valence-corrected chi connectivity index (χ2v) is 9.20. The Morgan fingerprint density at radius 1 is 1.03 bits per heavy atom. The van der Waals surface area contributed by atoms with Crippen LogP contribution in [0.4, 0.5) is 0 Å². The van der Waals surface area contributed by atoms with E-state index in [1.54, 1.807) is 6.26 Å². The number of furan rings is 1. The van der Waals surface area contributed by atoms with Crippen molar-refractivity contribution in [1.29, 1.82) is 0 Å². The zero-order valence-electron chi connectivity index (χ0n) is 20.8. The molecule has 0 N–H and O–H groups in total. The Balaban J connectivity index is 1.35. The lowest BCUT2D eigenvalue weighted by molar-refractivity contribution is -0.182. The lowest BCUT2D eigenvalue weighted by atomic mass is 9.90. The normalized spacial score (nSPS) is 17.4. The largest absolute Gasteiger partial charge is 0.486 e. The van der Waals surface area contributed by atoms with Gasteiger partial charge in [-0.2, -0.15) is 0 Å². The Hall–Kier alpha value is -3.58. The van der Waals surface area contributed by atoms with Crippen LogP contribution < -0.4 is 4.74 Å². The third kappa shape index (κ3) is 6.98. The van der Waals surface area contributed by atoms with Crippen LogP contribution in [0.25, 0.3) is 0 Å². The van der Waals surface area contributed by atoms with Gasteiger partial charge in [-0.1, -0.05) is 62.2 Å². The SMILES string of the molecule is CCCCC1CN(Cc2ccc(OCc3ccco3)cc2)C(=O)C1CN(C=O)OCc1ccccc1. The van der Waals surface area contributed by atoms with Crippen LogP contribution in [0.15, 0.2) is 77.4 Å².